The average molecular weight is 337 g/mol. The molecule has 0 aliphatic rings. The molecule has 2 rings (SSSR count). The number of amides is 2. The third-order valence-electron chi connectivity index (χ3n) is 3.16. The van der Waals surface area contributed by atoms with Gasteiger partial charge >= 0.3 is 0 Å². The van der Waals surface area contributed by atoms with Gasteiger partial charge in [0.25, 0.3) is 5.91 Å². The Kier molecular flexibility index (Phi) is 5.21. The largest absolute Gasteiger partial charge is 0.325 e. The highest BCUT2D eigenvalue weighted by Crippen LogP contribution is 2.27. The van der Waals surface area contributed by atoms with Crippen molar-refractivity contribution in [3.05, 3.63) is 44.6 Å². The van der Waals surface area contributed by atoms with Crippen LogP contribution in [0.3, 0.4) is 0 Å². The van der Waals surface area contributed by atoms with Crippen LogP contribution in [0.4, 0.5) is 11.4 Å². The average Bonchev–Trinajstić information content (AvgIpc) is 2.83. The van der Waals surface area contributed by atoms with Crippen molar-refractivity contribution in [3.63, 3.8) is 0 Å². The quantitative estimate of drug-likeness (QED) is 0.864. The first-order chi connectivity index (χ1) is 10.4. The van der Waals surface area contributed by atoms with Crippen LogP contribution in [0, 0.1) is 6.92 Å². The Morgan fingerprint density at radius 1 is 1.23 bits per heavy atom. The molecule has 2 amide bonds. The number of halogens is 1. The second-order valence-corrected chi connectivity index (χ2v) is 6.54. The summed E-state index contributed by atoms with van der Waals surface area (Å²) in [6.07, 6.45) is 0.906. The molecule has 0 atom stereocenters. The Morgan fingerprint density at radius 2 is 1.95 bits per heavy atom. The van der Waals surface area contributed by atoms with E-state index in [0.29, 0.717) is 21.3 Å². The Labute approximate surface area is 138 Å². The molecule has 0 saturated carbocycles. The number of carbonyl (C=O) groups is 2. The Hall–Kier alpha value is -1.85. The molecule has 1 aromatic heterocycles. The van der Waals surface area contributed by atoms with Crippen LogP contribution in [0.2, 0.25) is 5.02 Å². The Balaban J connectivity index is 2.19. The number of aryl methyl sites for hydroxylation is 2. The van der Waals surface area contributed by atoms with Gasteiger partial charge in [0.05, 0.1) is 15.6 Å². The summed E-state index contributed by atoms with van der Waals surface area (Å²) in [5.74, 6) is -0.379. The number of anilines is 2. The fourth-order valence-corrected chi connectivity index (χ4v) is 3.24. The van der Waals surface area contributed by atoms with Gasteiger partial charge in [-0.05, 0) is 43.2 Å². The van der Waals surface area contributed by atoms with Gasteiger partial charge in [0.15, 0.2) is 0 Å². The molecule has 0 radical (unpaired) electrons. The lowest BCUT2D eigenvalue weighted by molar-refractivity contribution is -0.114. The topological polar surface area (TPSA) is 58.2 Å². The molecular weight excluding hydrogens is 320 g/mol. The number of thiophene rings is 1. The van der Waals surface area contributed by atoms with Crippen molar-refractivity contribution in [1.82, 2.24) is 0 Å². The van der Waals surface area contributed by atoms with Gasteiger partial charge in [-0.1, -0.05) is 18.5 Å². The predicted molar refractivity (Wildman–Crippen MR) is 92.1 cm³/mol. The first-order valence-electron chi connectivity index (χ1n) is 6.88. The summed E-state index contributed by atoms with van der Waals surface area (Å²) in [5, 5.41) is 5.88. The van der Waals surface area contributed by atoms with Crippen LogP contribution in [0.1, 0.15) is 34.0 Å². The van der Waals surface area contributed by atoms with Crippen LogP contribution >= 0.6 is 22.9 Å². The van der Waals surface area contributed by atoms with Crippen molar-refractivity contribution < 1.29 is 9.59 Å². The smallest absolute Gasteiger partial charge is 0.265 e. The monoisotopic (exact) mass is 336 g/mol. The molecule has 22 heavy (non-hydrogen) atoms. The number of rotatable bonds is 4. The van der Waals surface area contributed by atoms with E-state index >= 15 is 0 Å². The lowest BCUT2D eigenvalue weighted by Gasteiger charge is -2.09. The molecule has 6 heteroatoms. The third-order valence-corrected chi connectivity index (χ3v) is 4.58. The molecule has 0 bridgehead atoms. The van der Waals surface area contributed by atoms with Crippen LogP contribution in [-0.4, -0.2) is 11.8 Å². The molecule has 4 nitrogen and oxygen atoms in total. The summed E-state index contributed by atoms with van der Waals surface area (Å²) in [4.78, 5) is 25.3. The minimum Gasteiger partial charge on any atom is -0.325 e. The van der Waals surface area contributed by atoms with Gasteiger partial charge in [-0.15, -0.1) is 11.3 Å². The van der Waals surface area contributed by atoms with E-state index in [-0.39, 0.29) is 11.8 Å². The molecule has 1 heterocycles. The number of nitrogens with one attached hydrogen (secondary N) is 2. The minimum atomic E-state index is -0.216. The van der Waals surface area contributed by atoms with Crippen LogP contribution in [0.5, 0.6) is 0 Å². The van der Waals surface area contributed by atoms with Crippen molar-refractivity contribution in [3.8, 4) is 0 Å². The first kappa shape index (κ1) is 16.5. The molecule has 116 valence electrons. The third kappa shape index (κ3) is 3.87. The van der Waals surface area contributed by atoms with E-state index in [0.717, 1.165) is 11.3 Å². The first-order valence-corrected chi connectivity index (χ1v) is 8.08. The SMILES string of the molecule is CCc1cc(C(=O)Nc2ccc(Cl)c(NC(C)=O)c2)sc1C. The van der Waals surface area contributed by atoms with Crippen LogP contribution in [0.15, 0.2) is 24.3 Å². The number of hydrogen-bond donors (Lipinski definition) is 2. The maximum Gasteiger partial charge on any atom is 0.265 e. The van der Waals surface area contributed by atoms with Gasteiger partial charge in [0.2, 0.25) is 5.91 Å². The highest BCUT2D eigenvalue weighted by molar-refractivity contribution is 7.14. The lowest BCUT2D eigenvalue weighted by atomic mass is 10.2. The van der Waals surface area contributed by atoms with E-state index in [9.17, 15) is 9.59 Å². The summed E-state index contributed by atoms with van der Waals surface area (Å²) in [7, 11) is 0. The fraction of sp³-hybridized carbons (Fsp3) is 0.250. The van der Waals surface area contributed by atoms with E-state index in [1.807, 2.05) is 13.0 Å². The molecule has 0 aliphatic carbocycles. The van der Waals surface area contributed by atoms with Gasteiger partial charge < -0.3 is 10.6 Å². The Morgan fingerprint density at radius 3 is 2.55 bits per heavy atom. The van der Waals surface area contributed by atoms with Crippen molar-refractivity contribution >= 4 is 46.1 Å². The molecule has 1 aromatic carbocycles. The zero-order valence-electron chi connectivity index (χ0n) is 12.6. The second-order valence-electron chi connectivity index (χ2n) is 4.88. The number of carbonyl (C=O) groups excluding carboxylic acids is 2. The summed E-state index contributed by atoms with van der Waals surface area (Å²) in [6.45, 7) is 5.48. The van der Waals surface area contributed by atoms with Crippen molar-refractivity contribution in [2.24, 2.45) is 0 Å². The summed E-state index contributed by atoms with van der Waals surface area (Å²) in [6, 6.07) is 6.90. The minimum absolute atomic E-state index is 0.163. The standard InChI is InChI=1S/C16H17ClN2O2S/c1-4-11-7-15(22-9(11)2)16(21)19-12-5-6-13(17)14(8-12)18-10(3)20/h5-8H,4H2,1-3H3,(H,18,20)(H,19,21). The van der Waals surface area contributed by atoms with Crippen molar-refractivity contribution in [1.29, 1.82) is 0 Å². The maximum absolute atomic E-state index is 12.3. The summed E-state index contributed by atoms with van der Waals surface area (Å²) in [5.41, 5.74) is 2.25. The van der Waals surface area contributed by atoms with Gasteiger partial charge in [-0.25, -0.2) is 0 Å². The van der Waals surface area contributed by atoms with Crippen LogP contribution in [-0.2, 0) is 11.2 Å². The van der Waals surface area contributed by atoms with Crippen LogP contribution in [0.25, 0.3) is 0 Å². The zero-order valence-corrected chi connectivity index (χ0v) is 14.2. The van der Waals surface area contributed by atoms with Crippen molar-refractivity contribution in [2.45, 2.75) is 27.2 Å². The molecule has 2 N–H and O–H groups in total. The van der Waals surface area contributed by atoms with Crippen LogP contribution < -0.4 is 10.6 Å². The number of benzene rings is 1. The predicted octanol–water partition coefficient (Wildman–Crippen LogP) is 4.48. The van der Waals surface area contributed by atoms with E-state index in [1.165, 1.54) is 23.8 Å². The molecule has 0 saturated heterocycles. The fourth-order valence-electron chi connectivity index (χ4n) is 2.06. The normalized spacial score (nSPS) is 10.4. The van der Waals surface area contributed by atoms with Gasteiger partial charge in [0.1, 0.15) is 0 Å². The molecule has 0 aliphatic heterocycles. The molecule has 0 fully saturated rings. The summed E-state index contributed by atoms with van der Waals surface area (Å²) >= 11 is 7.49. The van der Waals surface area contributed by atoms with Gasteiger partial charge in [-0.2, -0.15) is 0 Å². The van der Waals surface area contributed by atoms with Gasteiger partial charge in [-0.3, -0.25) is 9.59 Å². The molecule has 2 aromatic rings. The zero-order chi connectivity index (χ0) is 16.3. The van der Waals surface area contributed by atoms with E-state index in [1.54, 1.807) is 18.2 Å². The molecule has 0 spiro atoms. The molecular formula is C16H17ClN2O2S. The maximum atomic E-state index is 12.3. The van der Waals surface area contributed by atoms with E-state index in [2.05, 4.69) is 17.6 Å². The highest BCUT2D eigenvalue weighted by Gasteiger charge is 2.13. The molecule has 0 unspecified atom stereocenters. The highest BCUT2D eigenvalue weighted by atomic mass is 35.5. The Bertz CT molecular complexity index is 725. The summed E-state index contributed by atoms with van der Waals surface area (Å²) < 4.78 is 0. The van der Waals surface area contributed by atoms with E-state index < -0.39 is 0 Å². The van der Waals surface area contributed by atoms with Crippen molar-refractivity contribution in [2.75, 3.05) is 10.6 Å². The van der Waals surface area contributed by atoms with Gasteiger partial charge in [0, 0.05) is 17.5 Å². The lowest BCUT2D eigenvalue weighted by Crippen LogP contribution is -2.11. The number of hydrogen-bond acceptors (Lipinski definition) is 3. The van der Waals surface area contributed by atoms with E-state index in [4.69, 9.17) is 11.6 Å². The second kappa shape index (κ2) is 6.94.